The van der Waals surface area contributed by atoms with Crippen LogP contribution in [0, 0.1) is 0 Å². The van der Waals surface area contributed by atoms with Gasteiger partial charge >= 0.3 is 24.3 Å². The van der Waals surface area contributed by atoms with Gasteiger partial charge in [0.2, 0.25) is 0 Å². The second-order valence-electron chi connectivity index (χ2n) is 9.55. The first-order chi connectivity index (χ1) is 19.6. The number of aliphatic carboxylic acids is 2. The van der Waals surface area contributed by atoms with E-state index in [1.165, 1.54) is 5.39 Å². The van der Waals surface area contributed by atoms with E-state index in [2.05, 4.69) is 50.6 Å². The van der Waals surface area contributed by atoms with E-state index in [4.69, 9.17) is 24.8 Å². The number of hydrogen-bond acceptors (Lipinski definition) is 8. The lowest BCUT2D eigenvalue weighted by molar-refractivity contribution is -0.193. The number of aliphatic hydroxyl groups is 1. The van der Waals surface area contributed by atoms with Gasteiger partial charge < -0.3 is 20.2 Å². The molecule has 0 bridgehead atoms. The average Bonchev–Trinajstić information content (AvgIpc) is 3.57. The fraction of sp³-hybridized carbons (Fsp3) is 0.480. The van der Waals surface area contributed by atoms with E-state index in [1.807, 2.05) is 16.8 Å². The Labute approximate surface area is 235 Å². The van der Waals surface area contributed by atoms with Gasteiger partial charge in [-0.05, 0) is 37.5 Å². The molecule has 0 amide bonds. The van der Waals surface area contributed by atoms with E-state index in [1.54, 1.807) is 0 Å². The number of fused-ring (bicyclic) bond motifs is 1. The van der Waals surface area contributed by atoms with Crippen LogP contribution < -0.4 is 4.90 Å². The summed E-state index contributed by atoms with van der Waals surface area (Å²) < 4.78 is 65.5. The molecule has 0 saturated carbocycles. The lowest BCUT2D eigenvalue weighted by Gasteiger charge is -2.32. The number of aromatic nitrogens is 4. The van der Waals surface area contributed by atoms with Crippen molar-refractivity contribution in [2.45, 2.75) is 50.3 Å². The first kappa shape index (κ1) is 32.5. The molecule has 11 nitrogen and oxygen atoms in total. The summed E-state index contributed by atoms with van der Waals surface area (Å²) in [6, 6.07) is 12.9. The fourth-order valence-electron chi connectivity index (χ4n) is 4.34. The number of nitrogens with zero attached hydrogens (tertiary/aromatic N) is 6. The second-order valence-corrected chi connectivity index (χ2v) is 9.55. The van der Waals surface area contributed by atoms with Gasteiger partial charge in [-0.1, -0.05) is 23.4 Å². The van der Waals surface area contributed by atoms with E-state index >= 15 is 0 Å². The Morgan fingerprint density at radius 3 is 2.02 bits per heavy atom. The highest BCUT2D eigenvalue weighted by atomic mass is 19.4. The number of alkyl halides is 6. The summed E-state index contributed by atoms with van der Waals surface area (Å²) in [5, 5.41) is 33.8. The average molecular weight is 607 g/mol. The topological polar surface area (TPSA) is 145 Å². The summed E-state index contributed by atoms with van der Waals surface area (Å²) in [5.41, 5.74) is 2.04. The highest BCUT2D eigenvalue weighted by molar-refractivity contribution is 5.80. The van der Waals surface area contributed by atoms with Crippen LogP contribution in [0.4, 0.5) is 32.2 Å². The summed E-state index contributed by atoms with van der Waals surface area (Å²) in [4.78, 5) is 27.2. The Hall–Kier alpha value is -3.99. The van der Waals surface area contributed by atoms with Crippen molar-refractivity contribution in [3.63, 3.8) is 0 Å². The molecule has 2 aliphatic rings. The van der Waals surface area contributed by atoms with Crippen LogP contribution in [0.5, 0.6) is 0 Å². The van der Waals surface area contributed by atoms with Crippen LogP contribution in [0.15, 0.2) is 42.6 Å². The lowest BCUT2D eigenvalue weighted by Crippen LogP contribution is -2.35. The number of piperidine rings is 1. The Balaban J connectivity index is 0.000000289. The van der Waals surface area contributed by atoms with Crippen molar-refractivity contribution in [2.75, 3.05) is 31.1 Å². The molecule has 2 saturated heterocycles. The van der Waals surface area contributed by atoms with E-state index < -0.39 is 24.3 Å². The molecule has 2 aliphatic heterocycles. The van der Waals surface area contributed by atoms with Gasteiger partial charge in [-0.3, -0.25) is 4.90 Å². The quantitative estimate of drug-likeness (QED) is 0.378. The number of hydrogen-bond donors (Lipinski definition) is 3. The van der Waals surface area contributed by atoms with Gasteiger partial charge in [-0.15, -0.1) is 5.10 Å². The monoisotopic (exact) mass is 606 g/mol. The molecule has 230 valence electrons. The van der Waals surface area contributed by atoms with Crippen molar-refractivity contribution in [1.29, 1.82) is 0 Å². The van der Waals surface area contributed by atoms with Crippen LogP contribution in [-0.4, -0.2) is 96.8 Å². The van der Waals surface area contributed by atoms with Crippen molar-refractivity contribution >= 4 is 28.7 Å². The standard InChI is InChI=1S/C21H26N6O.2C2HF3O2/c28-19-9-10-25(15-19)13-17-14-27(24-23-17)18-7-11-26(12-8-18)21-6-5-16-3-1-2-4-20(16)22-21;2*3-2(4,5)1(6)7/h1-6,14,18-19,28H,7-13,15H2;2*(H,6,7)/t19-;;/m1../s1. The van der Waals surface area contributed by atoms with E-state index in [-0.39, 0.29) is 6.10 Å². The molecule has 3 aromatic rings. The Bertz CT molecular complexity index is 1320. The zero-order valence-corrected chi connectivity index (χ0v) is 22.0. The van der Waals surface area contributed by atoms with Crippen molar-refractivity contribution in [3.05, 3.63) is 48.3 Å². The van der Waals surface area contributed by atoms with Gasteiger partial charge in [0.15, 0.2) is 0 Å². The van der Waals surface area contributed by atoms with Crippen LogP contribution in [0.1, 0.15) is 31.0 Å². The SMILES string of the molecule is O=C(O)C(F)(F)F.O=C(O)C(F)(F)F.O[C@@H]1CCN(Cc2cn(C3CCN(c4ccc5ccccc5n4)CC3)nn2)C1. The van der Waals surface area contributed by atoms with Gasteiger partial charge in [0.1, 0.15) is 5.82 Å². The molecule has 4 heterocycles. The maximum atomic E-state index is 10.6. The number of halogens is 6. The van der Waals surface area contributed by atoms with Gasteiger partial charge in [-0.2, -0.15) is 26.3 Å². The van der Waals surface area contributed by atoms with Crippen molar-refractivity contribution in [2.24, 2.45) is 0 Å². The van der Waals surface area contributed by atoms with E-state index in [0.29, 0.717) is 6.04 Å². The molecule has 42 heavy (non-hydrogen) atoms. The van der Waals surface area contributed by atoms with Crippen molar-refractivity contribution < 1.29 is 51.3 Å². The largest absolute Gasteiger partial charge is 0.490 e. The highest BCUT2D eigenvalue weighted by Gasteiger charge is 2.39. The third-order valence-corrected chi connectivity index (χ3v) is 6.42. The number of para-hydroxylation sites is 1. The number of carboxylic acid groups (broad SMARTS) is 2. The highest BCUT2D eigenvalue weighted by Crippen LogP contribution is 2.26. The van der Waals surface area contributed by atoms with Gasteiger partial charge in [0, 0.05) is 38.1 Å². The number of likely N-dealkylation sites (tertiary alicyclic amines) is 1. The molecular weight excluding hydrogens is 578 g/mol. The van der Waals surface area contributed by atoms with E-state index in [0.717, 1.165) is 69.0 Å². The second kappa shape index (κ2) is 13.8. The van der Waals surface area contributed by atoms with Crippen LogP contribution in [0.3, 0.4) is 0 Å². The van der Waals surface area contributed by atoms with Gasteiger partial charge in [0.05, 0.1) is 29.6 Å². The summed E-state index contributed by atoms with van der Waals surface area (Å²) in [6.07, 6.45) is -5.34. The minimum atomic E-state index is -5.08. The molecular formula is C25H28F6N6O5. The summed E-state index contributed by atoms with van der Waals surface area (Å²) in [5.74, 6) is -4.45. The molecule has 2 fully saturated rings. The summed E-state index contributed by atoms with van der Waals surface area (Å²) in [7, 11) is 0. The van der Waals surface area contributed by atoms with Crippen LogP contribution in [-0.2, 0) is 16.1 Å². The number of rotatable bonds is 4. The first-order valence-corrected chi connectivity index (χ1v) is 12.7. The molecule has 0 spiro atoms. The molecule has 5 rings (SSSR count). The Kier molecular flexibility index (Phi) is 10.7. The molecule has 1 aromatic carbocycles. The van der Waals surface area contributed by atoms with Crippen molar-refractivity contribution in [3.8, 4) is 0 Å². The maximum absolute atomic E-state index is 10.6. The fourth-order valence-corrected chi connectivity index (χ4v) is 4.34. The minimum absolute atomic E-state index is 0.192. The number of β-amino-alcohol motifs (C(OH)–C–C–N with tert-alkyl or cyclic N) is 1. The number of aliphatic hydroxyl groups excluding tert-OH is 1. The predicted octanol–water partition coefficient (Wildman–Crippen LogP) is 3.50. The molecule has 2 aromatic heterocycles. The zero-order chi connectivity index (χ0) is 31.1. The van der Waals surface area contributed by atoms with Crippen LogP contribution >= 0.6 is 0 Å². The lowest BCUT2D eigenvalue weighted by atomic mass is 10.1. The normalized spacial score (nSPS) is 18.2. The van der Waals surface area contributed by atoms with Crippen LogP contribution in [0.25, 0.3) is 10.9 Å². The molecule has 17 heteroatoms. The Morgan fingerprint density at radius 1 is 0.881 bits per heavy atom. The van der Waals surface area contributed by atoms with Crippen molar-refractivity contribution in [1.82, 2.24) is 24.9 Å². The molecule has 3 N–H and O–H groups in total. The molecule has 1 atom stereocenters. The third kappa shape index (κ3) is 9.54. The third-order valence-electron chi connectivity index (χ3n) is 6.42. The number of carbonyl (C=O) groups is 2. The number of carboxylic acids is 2. The summed E-state index contributed by atoms with van der Waals surface area (Å²) in [6.45, 7) is 4.40. The Morgan fingerprint density at radius 2 is 1.48 bits per heavy atom. The smallest absolute Gasteiger partial charge is 0.475 e. The number of anilines is 1. The number of benzene rings is 1. The molecule has 0 radical (unpaired) electrons. The summed E-state index contributed by atoms with van der Waals surface area (Å²) >= 11 is 0. The maximum Gasteiger partial charge on any atom is 0.490 e. The molecule has 0 aliphatic carbocycles. The first-order valence-electron chi connectivity index (χ1n) is 12.7. The minimum Gasteiger partial charge on any atom is -0.475 e. The van der Waals surface area contributed by atoms with Gasteiger partial charge in [-0.25, -0.2) is 19.3 Å². The van der Waals surface area contributed by atoms with E-state index in [9.17, 15) is 31.4 Å². The van der Waals surface area contributed by atoms with Crippen LogP contribution in [0.2, 0.25) is 0 Å². The zero-order valence-electron chi connectivity index (χ0n) is 22.0. The van der Waals surface area contributed by atoms with Gasteiger partial charge in [0.25, 0.3) is 0 Å². The number of pyridine rings is 1. The predicted molar refractivity (Wildman–Crippen MR) is 136 cm³/mol. The molecule has 0 unspecified atom stereocenters.